The van der Waals surface area contributed by atoms with Crippen molar-refractivity contribution in [2.24, 2.45) is 7.05 Å². The molecule has 0 fully saturated rings. The summed E-state index contributed by atoms with van der Waals surface area (Å²) >= 11 is 0. The predicted octanol–water partition coefficient (Wildman–Crippen LogP) is 4.02. The van der Waals surface area contributed by atoms with E-state index in [1.54, 1.807) is 10.9 Å². The number of amides is 1. The second kappa shape index (κ2) is 7.01. The number of nitrogens with one attached hydrogen (secondary N) is 1. The highest BCUT2D eigenvalue weighted by atomic mass is 19.4. The van der Waals surface area contributed by atoms with Crippen LogP contribution in [-0.2, 0) is 19.8 Å². The van der Waals surface area contributed by atoms with Crippen LogP contribution in [0.3, 0.4) is 0 Å². The van der Waals surface area contributed by atoms with Gasteiger partial charge in [-0.05, 0) is 32.0 Å². The van der Waals surface area contributed by atoms with Crippen LogP contribution in [-0.4, -0.2) is 30.4 Å². The Morgan fingerprint density at radius 2 is 2.03 bits per heavy atom. The Bertz CT molecular complexity index is 1250. The molecule has 30 heavy (non-hydrogen) atoms. The van der Waals surface area contributed by atoms with Gasteiger partial charge in [-0.15, -0.1) is 0 Å². The summed E-state index contributed by atoms with van der Waals surface area (Å²) in [6.45, 7) is 4.54. The van der Waals surface area contributed by atoms with Gasteiger partial charge in [0, 0.05) is 36.6 Å². The molecule has 3 aromatic heterocycles. The molecule has 0 saturated heterocycles. The lowest BCUT2D eigenvalue weighted by atomic mass is 10.2. The zero-order valence-electron chi connectivity index (χ0n) is 16.3. The topological polar surface area (TPSA) is 90.8 Å². The molecule has 3 heterocycles. The molecule has 0 saturated carbocycles. The first-order valence-corrected chi connectivity index (χ1v) is 9.03. The van der Waals surface area contributed by atoms with Gasteiger partial charge in [0.2, 0.25) is 11.6 Å². The standard InChI is InChI=1S/C19H17F3N6O2/c1-4-28-10(2)12(9-23-28)13-8-16(30-26-13)17(29)24-11-5-6-15-14(7-11)25-18(27(15)3)19(20,21)22/h5-9H,4H2,1-3H3,(H,24,29). The first kappa shape index (κ1) is 19.7. The summed E-state index contributed by atoms with van der Waals surface area (Å²) in [6.07, 6.45) is -2.93. The summed E-state index contributed by atoms with van der Waals surface area (Å²) in [4.78, 5) is 16.1. The van der Waals surface area contributed by atoms with Gasteiger partial charge in [0.15, 0.2) is 0 Å². The predicted molar refractivity (Wildman–Crippen MR) is 102 cm³/mol. The monoisotopic (exact) mass is 418 g/mol. The number of anilines is 1. The van der Waals surface area contributed by atoms with Crippen LogP contribution in [0.25, 0.3) is 22.3 Å². The Kier molecular flexibility index (Phi) is 4.60. The first-order valence-electron chi connectivity index (χ1n) is 9.03. The molecule has 0 aliphatic heterocycles. The van der Waals surface area contributed by atoms with Crippen molar-refractivity contribution in [3.8, 4) is 11.3 Å². The highest BCUT2D eigenvalue weighted by Gasteiger charge is 2.36. The maximum Gasteiger partial charge on any atom is 0.449 e. The van der Waals surface area contributed by atoms with Crippen LogP contribution >= 0.6 is 0 Å². The largest absolute Gasteiger partial charge is 0.449 e. The maximum absolute atomic E-state index is 13.0. The lowest BCUT2D eigenvalue weighted by Crippen LogP contribution is -2.12. The van der Waals surface area contributed by atoms with Crippen LogP contribution in [0.5, 0.6) is 0 Å². The molecule has 0 atom stereocenters. The molecule has 8 nitrogen and oxygen atoms in total. The number of aryl methyl sites for hydroxylation is 2. The number of alkyl halides is 3. The van der Waals surface area contributed by atoms with Gasteiger partial charge in [0.1, 0.15) is 5.69 Å². The molecular weight excluding hydrogens is 401 g/mol. The minimum atomic E-state index is -4.57. The summed E-state index contributed by atoms with van der Waals surface area (Å²) in [5, 5.41) is 10.7. The van der Waals surface area contributed by atoms with Gasteiger partial charge in [0.25, 0.3) is 5.91 Å². The van der Waals surface area contributed by atoms with E-state index in [1.807, 2.05) is 13.8 Å². The third-order valence-electron chi connectivity index (χ3n) is 4.80. The van der Waals surface area contributed by atoms with Crippen molar-refractivity contribution in [1.29, 1.82) is 0 Å². The van der Waals surface area contributed by atoms with Crippen LogP contribution in [0, 0.1) is 6.92 Å². The summed E-state index contributed by atoms with van der Waals surface area (Å²) in [5.74, 6) is -1.63. The minimum absolute atomic E-state index is 0.0363. The number of benzene rings is 1. The van der Waals surface area contributed by atoms with E-state index in [0.717, 1.165) is 15.8 Å². The van der Waals surface area contributed by atoms with Crippen molar-refractivity contribution in [2.75, 3.05) is 5.32 Å². The van der Waals surface area contributed by atoms with E-state index in [1.165, 1.54) is 31.3 Å². The first-order chi connectivity index (χ1) is 14.2. The molecule has 0 aliphatic rings. The van der Waals surface area contributed by atoms with Crippen LogP contribution in [0.15, 0.2) is 35.0 Å². The number of nitrogens with zero attached hydrogens (tertiary/aromatic N) is 5. The molecular formula is C19H17F3N6O2. The Morgan fingerprint density at radius 3 is 2.70 bits per heavy atom. The van der Waals surface area contributed by atoms with Gasteiger partial charge in [-0.3, -0.25) is 9.48 Å². The zero-order chi connectivity index (χ0) is 21.6. The van der Waals surface area contributed by atoms with E-state index in [-0.39, 0.29) is 17.0 Å². The molecule has 0 bridgehead atoms. The summed E-state index contributed by atoms with van der Waals surface area (Å²) < 4.78 is 47.0. The highest BCUT2D eigenvalue weighted by Crippen LogP contribution is 2.31. The number of carbonyl (C=O) groups excluding carboxylic acids is 1. The number of fused-ring (bicyclic) bond motifs is 1. The smallest absolute Gasteiger partial charge is 0.350 e. The molecule has 4 aromatic rings. The van der Waals surface area contributed by atoms with Crippen molar-refractivity contribution in [1.82, 2.24) is 24.5 Å². The SMILES string of the molecule is CCn1ncc(-c2cc(C(=O)Nc3ccc4c(c3)nc(C(F)(F)F)n4C)on2)c1C. The minimum Gasteiger partial charge on any atom is -0.350 e. The molecule has 156 valence electrons. The lowest BCUT2D eigenvalue weighted by molar-refractivity contribution is -0.146. The van der Waals surface area contributed by atoms with Gasteiger partial charge in [-0.1, -0.05) is 5.16 Å². The number of hydrogen-bond acceptors (Lipinski definition) is 5. The third-order valence-corrected chi connectivity index (χ3v) is 4.80. The number of imidazole rings is 1. The zero-order valence-corrected chi connectivity index (χ0v) is 16.3. The number of hydrogen-bond donors (Lipinski definition) is 1. The number of carbonyl (C=O) groups is 1. The fourth-order valence-corrected chi connectivity index (χ4v) is 3.25. The highest BCUT2D eigenvalue weighted by molar-refractivity contribution is 6.03. The molecule has 11 heteroatoms. The van der Waals surface area contributed by atoms with E-state index >= 15 is 0 Å². The fraction of sp³-hybridized carbons (Fsp3) is 0.263. The third kappa shape index (κ3) is 3.31. The molecule has 1 N–H and O–H groups in total. The molecule has 0 radical (unpaired) electrons. The van der Waals surface area contributed by atoms with Crippen molar-refractivity contribution < 1.29 is 22.5 Å². The quantitative estimate of drug-likeness (QED) is 0.541. The normalized spacial score (nSPS) is 11.9. The Balaban J connectivity index is 1.57. The number of aromatic nitrogens is 5. The van der Waals surface area contributed by atoms with Crippen LogP contribution in [0.2, 0.25) is 0 Å². The molecule has 1 amide bonds. The van der Waals surface area contributed by atoms with E-state index in [9.17, 15) is 18.0 Å². The second-order valence-corrected chi connectivity index (χ2v) is 6.69. The molecule has 1 aromatic carbocycles. The van der Waals surface area contributed by atoms with Crippen LogP contribution < -0.4 is 5.32 Å². The lowest BCUT2D eigenvalue weighted by Gasteiger charge is -2.05. The Labute approximate surface area is 168 Å². The van der Waals surface area contributed by atoms with Gasteiger partial charge in [-0.25, -0.2) is 4.98 Å². The van der Waals surface area contributed by atoms with Crippen molar-refractivity contribution in [3.63, 3.8) is 0 Å². The van der Waals surface area contributed by atoms with Crippen molar-refractivity contribution in [2.45, 2.75) is 26.6 Å². The second-order valence-electron chi connectivity index (χ2n) is 6.69. The van der Waals surface area contributed by atoms with Crippen LogP contribution in [0.1, 0.15) is 29.0 Å². The maximum atomic E-state index is 13.0. The number of halogens is 3. The summed E-state index contributed by atoms with van der Waals surface area (Å²) in [5.41, 5.74) is 2.79. The van der Waals surface area contributed by atoms with Gasteiger partial charge >= 0.3 is 6.18 Å². The van der Waals surface area contributed by atoms with Gasteiger partial charge < -0.3 is 14.4 Å². The average molecular weight is 418 g/mol. The van der Waals surface area contributed by atoms with Crippen molar-refractivity contribution >= 4 is 22.6 Å². The summed E-state index contributed by atoms with van der Waals surface area (Å²) in [7, 11) is 1.29. The van der Waals surface area contributed by atoms with E-state index in [2.05, 4.69) is 20.6 Å². The molecule has 0 aliphatic carbocycles. The summed E-state index contributed by atoms with van der Waals surface area (Å²) in [6, 6.07) is 5.81. The number of rotatable bonds is 4. The molecule has 0 spiro atoms. The van der Waals surface area contributed by atoms with Crippen LogP contribution in [0.4, 0.5) is 18.9 Å². The fourth-order valence-electron chi connectivity index (χ4n) is 3.25. The average Bonchev–Trinajstić information content (AvgIpc) is 3.38. The Hall–Kier alpha value is -3.63. The van der Waals surface area contributed by atoms with Crippen molar-refractivity contribution in [3.05, 3.63) is 47.7 Å². The van der Waals surface area contributed by atoms with E-state index < -0.39 is 17.9 Å². The van der Waals surface area contributed by atoms with E-state index in [0.29, 0.717) is 17.8 Å². The Morgan fingerprint density at radius 1 is 1.27 bits per heavy atom. The van der Waals surface area contributed by atoms with Gasteiger partial charge in [0.05, 0.1) is 17.2 Å². The van der Waals surface area contributed by atoms with E-state index in [4.69, 9.17) is 4.52 Å². The molecule has 0 unspecified atom stereocenters. The molecule has 4 rings (SSSR count). The van der Waals surface area contributed by atoms with Gasteiger partial charge in [-0.2, -0.15) is 18.3 Å².